The highest BCUT2D eigenvalue weighted by Gasteiger charge is 2.44. The van der Waals surface area contributed by atoms with Gasteiger partial charge in [-0.25, -0.2) is 9.59 Å². The number of thioether (sulfide) groups is 1. The number of likely N-dealkylation sites (N-methyl/N-ethyl adjacent to an activating group) is 1. The third kappa shape index (κ3) is 9.06. The SMILES string of the molecule is CC(C)OC(=O)C(=O)[C@H](Cc1ccccc1)C(=O)N[C@H]1CS[C@H](c2ccccc2)N1C(=O)[C@@H](NC(=O)N(C)CCN)C(C)C. The minimum Gasteiger partial charge on any atom is -0.457 e. The monoisotopic (exact) mass is 625 g/mol. The molecule has 12 heteroatoms. The molecule has 0 saturated carbocycles. The third-order valence-electron chi connectivity index (χ3n) is 7.13. The zero-order valence-corrected chi connectivity index (χ0v) is 26.7. The van der Waals surface area contributed by atoms with E-state index in [0.717, 1.165) is 5.56 Å². The van der Waals surface area contributed by atoms with Gasteiger partial charge in [-0.05, 0) is 37.3 Å². The molecule has 44 heavy (non-hydrogen) atoms. The van der Waals surface area contributed by atoms with Crippen LogP contribution in [0.2, 0.25) is 0 Å². The molecular formula is C32H43N5O6S. The summed E-state index contributed by atoms with van der Waals surface area (Å²) in [6.45, 7) is 7.48. The Morgan fingerprint density at radius 1 is 1.00 bits per heavy atom. The zero-order chi connectivity index (χ0) is 32.4. The van der Waals surface area contributed by atoms with Gasteiger partial charge in [0.15, 0.2) is 0 Å². The summed E-state index contributed by atoms with van der Waals surface area (Å²) in [5.74, 6) is -4.45. The van der Waals surface area contributed by atoms with Gasteiger partial charge in [-0.3, -0.25) is 14.4 Å². The Bertz CT molecular complexity index is 1290. The van der Waals surface area contributed by atoms with Crippen molar-refractivity contribution in [2.75, 3.05) is 25.9 Å². The van der Waals surface area contributed by atoms with Gasteiger partial charge < -0.3 is 30.9 Å². The number of benzene rings is 2. The molecule has 0 unspecified atom stereocenters. The van der Waals surface area contributed by atoms with Crippen molar-refractivity contribution in [2.24, 2.45) is 17.6 Å². The van der Waals surface area contributed by atoms with E-state index in [4.69, 9.17) is 10.5 Å². The van der Waals surface area contributed by atoms with Crippen LogP contribution in [0.4, 0.5) is 4.79 Å². The van der Waals surface area contributed by atoms with Crippen LogP contribution in [0.5, 0.6) is 0 Å². The minimum absolute atomic E-state index is 0.0211. The van der Waals surface area contributed by atoms with Crippen molar-refractivity contribution in [3.05, 3.63) is 71.8 Å². The average molecular weight is 626 g/mol. The van der Waals surface area contributed by atoms with Gasteiger partial charge in [0.2, 0.25) is 11.8 Å². The molecule has 2 aromatic carbocycles. The molecule has 1 aliphatic rings. The minimum atomic E-state index is -1.37. The van der Waals surface area contributed by atoms with E-state index >= 15 is 0 Å². The van der Waals surface area contributed by atoms with E-state index in [9.17, 15) is 24.0 Å². The van der Waals surface area contributed by atoms with Crippen LogP contribution in [0.3, 0.4) is 0 Å². The summed E-state index contributed by atoms with van der Waals surface area (Å²) < 4.78 is 5.13. The van der Waals surface area contributed by atoms with E-state index in [1.54, 1.807) is 50.1 Å². The summed E-state index contributed by atoms with van der Waals surface area (Å²) in [5, 5.41) is 5.25. The van der Waals surface area contributed by atoms with Crippen LogP contribution in [-0.2, 0) is 30.3 Å². The second-order valence-electron chi connectivity index (χ2n) is 11.3. The molecule has 1 aliphatic heterocycles. The van der Waals surface area contributed by atoms with Crippen LogP contribution >= 0.6 is 11.8 Å². The first-order chi connectivity index (χ1) is 20.9. The van der Waals surface area contributed by atoms with Gasteiger partial charge in [0.25, 0.3) is 5.78 Å². The number of nitrogens with one attached hydrogen (secondary N) is 2. The first-order valence-electron chi connectivity index (χ1n) is 14.7. The van der Waals surface area contributed by atoms with Crippen molar-refractivity contribution in [1.29, 1.82) is 0 Å². The summed E-state index contributed by atoms with van der Waals surface area (Å²) in [4.78, 5) is 69.8. The molecule has 0 aliphatic carbocycles. The number of hydrogen-bond acceptors (Lipinski definition) is 8. The Labute approximate surface area is 263 Å². The number of ether oxygens (including phenoxy) is 1. The van der Waals surface area contributed by atoms with Crippen LogP contribution < -0.4 is 16.4 Å². The summed E-state index contributed by atoms with van der Waals surface area (Å²) in [5.41, 5.74) is 7.14. The quantitative estimate of drug-likeness (QED) is 0.175. The lowest BCUT2D eigenvalue weighted by Crippen LogP contribution is -2.59. The number of urea groups is 1. The lowest BCUT2D eigenvalue weighted by molar-refractivity contribution is -0.160. The number of Topliss-reactive ketones (excluding diaryl/α,β-unsaturated/α-hetero) is 1. The van der Waals surface area contributed by atoms with Crippen LogP contribution in [0, 0.1) is 11.8 Å². The molecular weight excluding hydrogens is 582 g/mol. The number of amides is 4. The number of esters is 1. The predicted molar refractivity (Wildman–Crippen MR) is 169 cm³/mol. The second kappa shape index (κ2) is 16.2. The van der Waals surface area contributed by atoms with Crippen molar-refractivity contribution in [3.8, 4) is 0 Å². The fraction of sp³-hybridized carbons (Fsp3) is 0.469. The van der Waals surface area contributed by atoms with E-state index in [0.29, 0.717) is 17.9 Å². The van der Waals surface area contributed by atoms with E-state index in [1.165, 1.54) is 16.7 Å². The molecule has 4 N–H and O–H groups in total. The molecule has 0 radical (unpaired) electrons. The molecule has 238 valence electrons. The van der Waals surface area contributed by atoms with Crippen molar-refractivity contribution in [2.45, 2.75) is 57.8 Å². The number of hydrogen-bond donors (Lipinski definition) is 3. The summed E-state index contributed by atoms with van der Waals surface area (Å²) in [6, 6.07) is 17.0. The Hall–Kier alpha value is -3.90. The van der Waals surface area contributed by atoms with Gasteiger partial charge in [0.1, 0.15) is 23.5 Å². The normalized spacial score (nSPS) is 17.6. The van der Waals surface area contributed by atoms with E-state index in [1.807, 2.05) is 50.2 Å². The first kappa shape index (κ1) is 34.6. The van der Waals surface area contributed by atoms with E-state index < -0.39 is 53.3 Å². The maximum absolute atomic E-state index is 14.3. The average Bonchev–Trinajstić information content (AvgIpc) is 3.41. The Morgan fingerprint density at radius 2 is 1.61 bits per heavy atom. The van der Waals surface area contributed by atoms with Crippen LogP contribution in [0.15, 0.2) is 60.7 Å². The molecule has 4 amide bonds. The van der Waals surface area contributed by atoms with Crippen molar-refractivity contribution >= 4 is 41.4 Å². The molecule has 3 rings (SSSR count). The number of carbonyl (C=O) groups excluding carboxylic acids is 5. The third-order valence-corrected chi connectivity index (χ3v) is 8.45. The van der Waals surface area contributed by atoms with E-state index in [-0.39, 0.29) is 24.8 Å². The molecule has 1 saturated heterocycles. The largest absolute Gasteiger partial charge is 0.457 e. The highest BCUT2D eigenvalue weighted by atomic mass is 32.2. The van der Waals surface area contributed by atoms with Gasteiger partial charge in [0.05, 0.1) is 6.10 Å². The molecule has 11 nitrogen and oxygen atoms in total. The van der Waals surface area contributed by atoms with Crippen LogP contribution in [0.1, 0.15) is 44.2 Å². The van der Waals surface area contributed by atoms with Crippen LogP contribution in [0.25, 0.3) is 0 Å². The number of nitrogens with two attached hydrogens (primary N) is 1. The molecule has 4 atom stereocenters. The fourth-order valence-corrected chi connectivity index (χ4v) is 6.18. The van der Waals surface area contributed by atoms with Crippen LogP contribution in [-0.4, -0.2) is 83.6 Å². The molecule has 0 aromatic heterocycles. The maximum atomic E-state index is 14.3. The van der Waals surface area contributed by atoms with Crippen molar-refractivity contribution < 1.29 is 28.7 Å². The van der Waals surface area contributed by atoms with E-state index in [2.05, 4.69) is 10.6 Å². The number of ketones is 1. The zero-order valence-electron chi connectivity index (χ0n) is 25.9. The van der Waals surface area contributed by atoms with Gasteiger partial charge in [-0.1, -0.05) is 74.5 Å². The summed E-state index contributed by atoms with van der Waals surface area (Å²) in [6.07, 6.45) is -1.38. The van der Waals surface area contributed by atoms with Crippen molar-refractivity contribution in [3.63, 3.8) is 0 Å². The summed E-state index contributed by atoms with van der Waals surface area (Å²) in [7, 11) is 1.60. The topological polar surface area (TPSA) is 151 Å². The molecule has 0 bridgehead atoms. The summed E-state index contributed by atoms with van der Waals surface area (Å²) >= 11 is 1.46. The number of rotatable bonds is 13. The van der Waals surface area contributed by atoms with Gasteiger partial charge >= 0.3 is 12.0 Å². The first-order valence-corrected chi connectivity index (χ1v) is 15.8. The number of carbonyl (C=O) groups is 5. The second-order valence-corrected chi connectivity index (χ2v) is 12.4. The highest BCUT2D eigenvalue weighted by Crippen LogP contribution is 2.41. The van der Waals surface area contributed by atoms with Gasteiger partial charge in [0, 0.05) is 25.9 Å². The smallest absolute Gasteiger partial charge is 0.375 e. The lowest BCUT2D eigenvalue weighted by Gasteiger charge is -2.35. The lowest BCUT2D eigenvalue weighted by atomic mass is 9.94. The van der Waals surface area contributed by atoms with Gasteiger partial charge in [-0.2, -0.15) is 0 Å². The maximum Gasteiger partial charge on any atom is 0.375 e. The fourth-order valence-electron chi connectivity index (χ4n) is 4.81. The number of nitrogens with zero attached hydrogens (tertiary/aromatic N) is 2. The Balaban J connectivity index is 1.94. The standard InChI is InChI=1S/C32H43N5O6S/c1-20(2)26(35-32(42)36(5)17-16-33)29(40)37-25(19-44-30(37)23-14-10-7-11-15-23)34-28(39)24(18-22-12-8-6-9-13-22)27(38)31(41)43-21(3)4/h6-15,20-21,24-26,30H,16-19,33H2,1-5H3,(H,34,39)(H,35,42)/t24-,25+,26-,30+/m0/s1. The molecule has 1 fully saturated rings. The Morgan fingerprint density at radius 3 is 2.18 bits per heavy atom. The highest BCUT2D eigenvalue weighted by molar-refractivity contribution is 7.99. The molecule has 1 heterocycles. The predicted octanol–water partition coefficient (Wildman–Crippen LogP) is 2.71. The van der Waals surface area contributed by atoms with Gasteiger partial charge in [-0.15, -0.1) is 11.8 Å². The van der Waals surface area contributed by atoms with Crippen molar-refractivity contribution in [1.82, 2.24) is 20.4 Å². The molecule has 2 aromatic rings. The Kier molecular flexibility index (Phi) is 12.8. The molecule has 0 spiro atoms.